The minimum Gasteiger partial charge on any atom is -0.444 e. The lowest BCUT2D eigenvalue weighted by atomic mass is 9.81. The predicted molar refractivity (Wildman–Crippen MR) is 192 cm³/mol. The number of hydrogen-bond donors (Lipinski definition) is 2. The molecule has 1 fully saturated rings. The number of nitriles is 1. The van der Waals surface area contributed by atoms with E-state index >= 15 is 0 Å². The normalized spacial score (nSPS) is 20.6. The van der Waals surface area contributed by atoms with Crippen molar-refractivity contribution in [1.82, 2.24) is 19.9 Å². The Kier molecular flexibility index (Phi) is 8.58. The number of oxazole rings is 1. The monoisotopic (exact) mass is 688 g/mol. The number of fused-ring (bicyclic) bond motifs is 2. The first kappa shape index (κ1) is 33.3. The van der Waals surface area contributed by atoms with Gasteiger partial charge in [0.1, 0.15) is 22.7 Å². The first-order valence-corrected chi connectivity index (χ1v) is 17.0. The first-order valence-electron chi connectivity index (χ1n) is 16.6. The molecule has 1 aliphatic heterocycles. The van der Waals surface area contributed by atoms with Crippen LogP contribution in [-0.2, 0) is 16.9 Å². The number of ether oxygens (including phenoxy) is 1. The molecule has 1 aliphatic carbocycles. The molecule has 3 unspecified atom stereocenters. The maximum Gasteiger partial charge on any atom is 0.410 e. The van der Waals surface area contributed by atoms with E-state index in [-0.39, 0.29) is 30.2 Å². The summed E-state index contributed by atoms with van der Waals surface area (Å²) in [6.07, 6.45) is 10.6. The lowest BCUT2D eigenvalue weighted by molar-refractivity contribution is 0.0224. The third-order valence-electron chi connectivity index (χ3n) is 9.18. The number of carbonyl (C=O) groups excluding carboxylic acids is 1. The van der Waals surface area contributed by atoms with Crippen LogP contribution in [0.5, 0.6) is 0 Å². The summed E-state index contributed by atoms with van der Waals surface area (Å²) in [6.45, 7) is 7.99. The molecule has 0 saturated carbocycles. The lowest BCUT2D eigenvalue weighted by Crippen LogP contribution is -2.44. The summed E-state index contributed by atoms with van der Waals surface area (Å²) in [5, 5.41) is 23.5. The molecule has 254 valence electrons. The fourth-order valence-corrected chi connectivity index (χ4v) is 7.23. The second-order valence-corrected chi connectivity index (χ2v) is 14.2. The number of nitrogens with zero attached hydrogens (tertiary/aromatic N) is 5. The molecule has 2 aliphatic rings. The zero-order chi connectivity index (χ0) is 35.2. The molecule has 3 atom stereocenters. The molecule has 7 rings (SSSR count). The number of likely N-dealkylation sites (tertiary alicyclic amines) is 1. The number of alkyl halides is 1. The van der Waals surface area contributed by atoms with Crippen LogP contribution in [0.2, 0.25) is 0 Å². The molecule has 10 nitrogen and oxygen atoms in total. The maximum absolute atomic E-state index is 13.1. The van der Waals surface area contributed by atoms with Crippen LogP contribution in [0.3, 0.4) is 0 Å². The van der Waals surface area contributed by atoms with E-state index in [1.54, 1.807) is 29.4 Å². The average molecular weight is 689 g/mol. The van der Waals surface area contributed by atoms with Gasteiger partial charge < -0.3 is 24.5 Å². The van der Waals surface area contributed by atoms with E-state index in [0.717, 1.165) is 40.5 Å². The van der Waals surface area contributed by atoms with Gasteiger partial charge in [-0.15, -0.1) is 11.6 Å². The predicted octanol–water partition coefficient (Wildman–Crippen LogP) is 8.08. The largest absolute Gasteiger partial charge is 0.444 e. The molecule has 3 aromatic heterocycles. The van der Waals surface area contributed by atoms with E-state index in [4.69, 9.17) is 35.7 Å². The van der Waals surface area contributed by atoms with Crippen molar-refractivity contribution < 1.29 is 19.1 Å². The summed E-state index contributed by atoms with van der Waals surface area (Å²) in [6, 6.07) is 17.2. The highest BCUT2D eigenvalue weighted by Crippen LogP contribution is 2.45. The molecule has 1 saturated heterocycles. The number of benzene rings is 2. The number of hydrogen-bond acceptors (Lipinski definition) is 9. The van der Waals surface area contributed by atoms with Gasteiger partial charge in [-0.25, -0.2) is 14.8 Å². The first-order chi connectivity index (χ1) is 24.0. The zero-order valence-corrected chi connectivity index (χ0v) is 29.0. The Hall–Kier alpha value is -5.24. The van der Waals surface area contributed by atoms with Gasteiger partial charge in [0.05, 0.1) is 23.6 Å². The van der Waals surface area contributed by atoms with Crippen LogP contribution < -0.4 is 5.32 Å². The summed E-state index contributed by atoms with van der Waals surface area (Å²) in [5.41, 5.74) is 4.02. The highest BCUT2D eigenvalue weighted by atomic mass is 35.5. The summed E-state index contributed by atoms with van der Waals surface area (Å²) in [4.78, 5) is 29.3. The van der Waals surface area contributed by atoms with Crippen LogP contribution >= 0.6 is 11.6 Å². The Balaban J connectivity index is 1.33. The van der Waals surface area contributed by atoms with Gasteiger partial charge in [0.2, 0.25) is 5.89 Å². The Morgan fingerprint density at radius 3 is 2.80 bits per heavy atom. The van der Waals surface area contributed by atoms with E-state index in [9.17, 15) is 15.2 Å². The number of halogens is 1. The van der Waals surface area contributed by atoms with E-state index in [1.165, 1.54) is 0 Å². The Morgan fingerprint density at radius 2 is 2.04 bits per heavy atom. The zero-order valence-electron chi connectivity index (χ0n) is 28.3. The minimum atomic E-state index is -1.28. The number of aromatic nitrogens is 3. The van der Waals surface area contributed by atoms with E-state index in [1.807, 2.05) is 82.3 Å². The van der Waals surface area contributed by atoms with Crippen LogP contribution in [0.25, 0.3) is 27.6 Å². The summed E-state index contributed by atoms with van der Waals surface area (Å²) < 4.78 is 12.1. The van der Waals surface area contributed by atoms with Crippen molar-refractivity contribution in [2.75, 3.05) is 11.9 Å². The van der Waals surface area contributed by atoms with Crippen molar-refractivity contribution in [3.63, 3.8) is 0 Å². The molecular formula is C39H37ClN6O4. The summed E-state index contributed by atoms with van der Waals surface area (Å²) in [5.74, 6) is 0.675. The number of aryl methyl sites for hydroxylation is 1. The molecule has 50 heavy (non-hydrogen) atoms. The number of allylic oxidation sites excluding steroid dienone is 2. The van der Waals surface area contributed by atoms with E-state index in [0.29, 0.717) is 34.5 Å². The van der Waals surface area contributed by atoms with Gasteiger partial charge in [0.25, 0.3) is 0 Å². The third kappa shape index (κ3) is 5.97. The van der Waals surface area contributed by atoms with Gasteiger partial charge in [-0.2, -0.15) is 5.26 Å². The molecule has 4 heterocycles. The second kappa shape index (κ2) is 12.9. The van der Waals surface area contributed by atoms with Gasteiger partial charge in [0.15, 0.2) is 16.9 Å². The Bertz CT molecular complexity index is 2230. The molecule has 0 spiro atoms. The highest BCUT2D eigenvalue weighted by molar-refractivity contribution is 6.28. The number of aliphatic hydroxyl groups excluding tert-OH is 1. The quantitative estimate of drug-likeness (QED) is 0.170. The topological polar surface area (TPSA) is 137 Å². The number of rotatable bonds is 6. The molecule has 11 heteroatoms. The number of pyridine rings is 2. The van der Waals surface area contributed by atoms with Gasteiger partial charge in [-0.05, 0) is 98.7 Å². The van der Waals surface area contributed by atoms with Crippen molar-refractivity contribution >= 4 is 51.1 Å². The second-order valence-electron chi connectivity index (χ2n) is 13.8. The average Bonchev–Trinajstić information content (AvgIpc) is 3.77. The van der Waals surface area contributed by atoms with Gasteiger partial charge in [0, 0.05) is 24.3 Å². The third-order valence-corrected chi connectivity index (χ3v) is 9.76. The fraction of sp³-hybridized carbons (Fsp3) is 0.308. The molecule has 0 radical (unpaired) electrons. The van der Waals surface area contributed by atoms with Crippen LogP contribution in [0.4, 0.5) is 10.6 Å². The number of aliphatic hydroxyl groups is 1. The van der Waals surface area contributed by atoms with Crippen LogP contribution in [-0.4, -0.2) is 48.6 Å². The SMILES string of the molecule is Cc1ccccc1C1=CC=CC(Nc2nccc3cc(C4CCCN4C(=O)OC(C)(C)C)cnc23)(c2nc3cc(CO)cc(C#N)c3o2)C1Cl. The van der Waals surface area contributed by atoms with Gasteiger partial charge in [-0.3, -0.25) is 4.98 Å². The van der Waals surface area contributed by atoms with Gasteiger partial charge >= 0.3 is 6.09 Å². The van der Waals surface area contributed by atoms with Crippen LogP contribution in [0.15, 0.2) is 83.6 Å². The Labute approximate surface area is 295 Å². The Morgan fingerprint density at radius 1 is 1.22 bits per heavy atom. The molecule has 2 aromatic carbocycles. The number of nitrogens with one attached hydrogen (secondary N) is 1. The highest BCUT2D eigenvalue weighted by Gasteiger charge is 2.47. The van der Waals surface area contributed by atoms with Crippen molar-refractivity contribution in [2.24, 2.45) is 0 Å². The standard InChI is InChI=1S/C39H37ClN6O4/c1-23-9-5-6-10-28(23)29-11-7-14-39(34(29)40,36-44-30-18-24(22-47)17-26(20-41)33(30)49-36)45-35-32-25(13-15-42-35)19-27(21-43-32)31-12-8-16-46(31)37(48)50-38(2,3)4/h5-7,9-11,13-15,17-19,21,31,34,47H,8,12,16,22H2,1-4H3,(H,42,45). The van der Waals surface area contributed by atoms with Gasteiger partial charge in [-0.1, -0.05) is 36.4 Å². The number of amides is 1. The summed E-state index contributed by atoms with van der Waals surface area (Å²) >= 11 is 7.53. The molecule has 5 aromatic rings. The van der Waals surface area contributed by atoms with E-state index < -0.39 is 16.5 Å². The maximum atomic E-state index is 13.1. The summed E-state index contributed by atoms with van der Waals surface area (Å²) in [7, 11) is 0. The van der Waals surface area contributed by atoms with Crippen molar-refractivity contribution in [2.45, 2.75) is 69.7 Å². The molecule has 0 bridgehead atoms. The van der Waals surface area contributed by atoms with Crippen LogP contribution in [0.1, 0.15) is 73.4 Å². The fourth-order valence-electron chi connectivity index (χ4n) is 6.82. The lowest BCUT2D eigenvalue weighted by Gasteiger charge is -2.37. The van der Waals surface area contributed by atoms with Crippen molar-refractivity contribution in [3.8, 4) is 6.07 Å². The molecule has 2 N–H and O–H groups in total. The van der Waals surface area contributed by atoms with E-state index in [2.05, 4.69) is 11.4 Å². The number of carbonyl (C=O) groups is 1. The minimum absolute atomic E-state index is 0.161. The van der Waals surface area contributed by atoms with Crippen molar-refractivity contribution in [1.29, 1.82) is 5.26 Å². The molecular weight excluding hydrogens is 652 g/mol. The van der Waals surface area contributed by atoms with Crippen molar-refractivity contribution in [3.05, 3.63) is 113 Å². The molecule has 1 amide bonds. The smallest absolute Gasteiger partial charge is 0.410 e. The number of anilines is 1. The van der Waals surface area contributed by atoms with Crippen LogP contribution in [0, 0.1) is 18.3 Å².